The fraction of sp³-hybridized carbons (Fsp3) is 0.467. The topological polar surface area (TPSA) is 78.4 Å². The van der Waals surface area contributed by atoms with Crippen molar-refractivity contribution in [3.63, 3.8) is 0 Å². The predicted molar refractivity (Wildman–Crippen MR) is 84.2 cm³/mol. The molecule has 1 amide bonds. The van der Waals surface area contributed by atoms with Crippen LogP contribution in [0.3, 0.4) is 0 Å². The Hall–Kier alpha value is -1.40. The predicted octanol–water partition coefficient (Wildman–Crippen LogP) is 2.62. The number of carboxylic acid groups (broad SMARTS) is 1. The second-order valence-electron chi connectivity index (χ2n) is 5.30. The van der Waals surface area contributed by atoms with E-state index in [2.05, 4.69) is 26.6 Å². The van der Waals surface area contributed by atoms with Crippen LogP contribution in [0.2, 0.25) is 0 Å². The Morgan fingerprint density at radius 3 is 2.48 bits per heavy atom. The Kier molecular flexibility index (Phi) is 5.76. The molecule has 0 heterocycles. The minimum atomic E-state index is -0.708. The molecular weight excluding hydrogens is 336 g/mol. The van der Waals surface area contributed by atoms with E-state index >= 15 is 0 Å². The maximum absolute atomic E-state index is 11.9. The first-order valence-electron chi connectivity index (χ1n) is 7.07. The average Bonchev–Trinajstić information content (AvgIpc) is 2.48. The van der Waals surface area contributed by atoms with Crippen LogP contribution in [0.4, 0.5) is 5.69 Å². The van der Waals surface area contributed by atoms with E-state index in [9.17, 15) is 9.59 Å². The summed E-state index contributed by atoms with van der Waals surface area (Å²) in [5.41, 5.74) is 0.749. The fourth-order valence-electron chi connectivity index (χ4n) is 2.54. The van der Waals surface area contributed by atoms with Crippen LogP contribution >= 0.6 is 15.9 Å². The molecule has 1 aromatic rings. The van der Waals surface area contributed by atoms with Gasteiger partial charge in [-0.2, -0.15) is 0 Å². The van der Waals surface area contributed by atoms with Crippen molar-refractivity contribution in [2.24, 2.45) is 5.92 Å². The number of halogens is 1. The molecule has 1 aromatic carbocycles. The van der Waals surface area contributed by atoms with Crippen molar-refractivity contribution in [1.29, 1.82) is 0 Å². The molecule has 0 unspecified atom stereocenters. The summed E-state index contributed by atoms with van der Waals surface area (Å²) in [4.78, 5) is 22.8. The molecule has 1 aliphatic carbocycles. The van der Waals surface area contributed by atoms with Crippen molar-refractivity contribution < 1.29 is 14.7 Å². The highest BCUT2D eigenvalue weighted by molar-refractivity contribution is 9.10. The van der Waals surface area contributed by atoms with Gasteiger partial charge >= 0.3 is 5.97 Å². The standard InChI is InChI=1S/C15H19BrN2O3/c16-12-3-1-2-4-13(12)18-14(19)9-17-11-7-5-10(6-8-11)15(20)21/h1-4,10-11,17H,5-9H2,(H,18,19)(H,20,21). The first-order chi connectivity index (χ1) is 10.1. The molecule has 6 heteroatoms. The number of aliphatic carboxylic acids is 1. The Bertz CT molecular complexity index is 513. The van der Waals surface area contributed by atoms with Gasteiger partial charge in [-0.1, -0.05) is 12.1 Å². The lowest BCUT2D eigenvalue weighted by Crippen LogP contribution is -2.39. The number of anilines is 1. The van der Waals surface area contributed by atoms with E-state index in [1.54, 1.807) is 0 Å². The summed E-state index contributed by atoms with van der Waals surface area (Å²) in [5, 5.41) is 15.0. The number of benzene rings is 1. The van der Waals surface area contributed by atoms with E-state index in [1.165, 1.54) is 0 Å². The van der Waals surface area contributed by atoms with Crippen LogP contribution in [-0.2, 0) is 9.59 Å². The first-order valence-corrected chi connectivity index (χ1v) is 7.86. The molecule has 0 aromatic heterocycles. The first kappa shape index (κ1) is 16.0. The summed E-state index contributed by atoms with van der Waals surface area (Å²) in [6, 6.07) is 7.68. The summed E-state index contributed by atoms with van der Waals surface area (Å²) in [7, 11) is 0. The lowest BCUT2D eigenvalue weighted by molar-refractivity contribution is -0.143. The highest BCUT2D eigenvalue weighted by Crippen LogP contribution is 2.24. The van der Waals surface area contributed by atoms with Gasteiger partial charge < -0.3 is 15.7 Å². The molecule has 1 aliphatic rings. The SMILES string of the molecule is O=C(CNC1CCC(C(=O)O)CC1)Nc1ccccc1Br. The molecule has 114 valence electrons. The van der Waals surface area contributed by atoms with Gasteiger partial charge in [-0.15, -0.1) is 0 Å². The summed E-state index contributed by atoms with van der Waals surface area (Å²) in [6.45, 7) is 0.240. The van der Waals surface area contributed by atoms with E-state index < -0.39 is 5.97 Å². The maximum atomic E-state index is 11.9. The number of carboxylic acids is 1. The third kappa shape index (κ3) is 4.82. The van der Waals surface area contributed by atoms with Gasteiger partial charge in [0.15, 0.2) is 0 Å². The van der Waals surface area contributed by atoms with Crippen LogP contribution in [-0.4, -0.2) is 29.6 Å². The Labute approximate surface area is 132 Å². The number of nitrogens with one attached hydrogen (secondary N) is 2. The summed E-state index contributed by atoms with van der Waals surface area (Å²) >= 11 is 3.38. The minimum Gasteiger partial charge on any atom is -0.481 e. The molecule has 21 heavy (non-hydrogen) atoms. The van der Waals surface area contributed by atoms with Gasteiger partial charge in [-0.05, 0) is 53.7 Å². The third-order valence-corrected chi connectivity index (χ3v) is 4.47. The molecule has 1 saturated carbocycles. The van der Waals surface area contributed by atoms with Gasteiger partial charge in [0.25, 0.3) is 0 Å². The van der Waals surface area contributed by atoms with Crippen LogP contribution in [0.5, 0.6) is 0 Å². The molecule has 0 saturated heterocycles. The lowest BCUT2D eigenvalue weighted by atomic mass is 9.86. The molecule has 2 rings (SSSR count). The van der Waals surface area contributed by atoms with E-state index in [-0.39, 0.29) is 24.4 Å². The number of carbonyl (C=O) groups excluding carboxylic acids is 1. The normalized spacial score (nSPS) is 21.8. The van der Waals surface area contributed by atoms with Crippen LogP contribution in [0.15, 0.2) is 28.7 Å². The second-order valence-corrected chi connectivity index (χ2v) is 6.15. The monoisotopic (exact) mass is 354 g/mol. The summed E-state index contributed by atoms with van der Waals surface area (Å²) in [5.74, 6) is -1.03. The molecule has 0 bridgehead atoms. The lowest BCUT2D eigenvalue weighted by Gasteiger charge is -2.26. The van der Waals surface area contributed by atoms with E-state index in [0.29, 0.717) is 12.8 Å². The summed E-state index contributed by atoms with van der Waals surface area (Å²) < 4.78 is 0.848. The van der Waals surface area contributed by atoms with Gasteiger partial charge in [0.05, 0.1) is 18.2 Å². The number of amides is 1. The van der Waals surface area contributed by atoms with E-state index in [1.807, 2.05) is 24.3 Å². The van der Waals surface area contributed by atoms with Crippen LogP contribution < -0.4 is 10.6 Å². The molecule has 0 radical (unpaired) electrons. The van der Waals surface area contributed by atoms with Crippen molar-refractivity contribution in [1.82, 2.24) is 5.32 Å². The highest BCUT2D eigenvalue weighted by Gasteiger charge is 2.25. The van der Waals surface area contributed by atoms with E-state index in [0.717, 1.165) is 23.0 Å². The second kappa shape index (κ2) is 7.56. The van der Waals surface area contributed by atoms with Crippen molar-refractivity contribution in [3.8, 4) is 0 Å². The molecule has 1 fully saturated rings. The van der Waals surface area contributed by atoms with Gasteiger partial charge in [0.2, 0.25) is 5.91 Å². The number of para-hydroxylation sites is 1. The highest BCUT2D eigenvalue weighted by atomic mass is 79.9. The van der Waals surface area contributed by atoms with E-state index in [4.69, 9.17) is 5.11 Å². The van der Waals surface area contributed by atoms with Gasteiger partial charge in [0.1, 0.15) is 0 Å². The Morgan fingerprint density at radius 2 is 1.86 bits per heavy atom. The molecule has 0 aliphatic heterocycles. The Balaban J connectivity index is 1.73. The molecular formula is C15H19BrN2O3. The Morgan fingerprint density at radius 1 is 1.19 bits per heavy atom. The zero-order chi connectivity index (χ0) is 15.2. The number of hydrogen-bond acceptors (Lipinski definition) is 3. The fourth-order valence-corrected chi connectivity index (χ4v) is 2.92. The smallest absolute Gasteiger partial charge is 0.306 e. The van der Waals surface area contributed by atoms with Crippen molar-refractivity contribution in [2.75, 3.05) is 11.9 Å². The quantitative estimate of drug-likeness (QED) is 0.759. The zero-order valence-corrected chi connectivity index (χ0v) is 13.2. The number of carbonyl (C=O) groups is 2. The molecule has 3 N–H and O–H groups in total. The van der Waals surface area contributed by atoms with Gasteiger partial charge in [0, 0.05) is 10.5 Å². The molecule has 5 nitrogen and oxygen atoms in total. The average molecular weight is 355 g/mol. The maximum Gasteiger partial charge on any atom is 0.306 e. The van der Waals surface area contributed by atoms with Gasteiger partial charge in [-0.25, -0.2) is 0 Å². The minimum absolute atomic E-state index is 0.0951. The summed E-state index contributed by atoms with van der Waals surface area (Å²) in [6.07, 6.45) is 2.97. The van der Waals surface area contributed by atoms with Crippen molar-refractivity contribution >= 4 is 33.5 Å². The third-order valence-electron chi connectivity index (χ3n) is 3.78. The van der Waals surface area contributed by atoms with Crippen molar-refractivity contribution in [2.45, 2.75) is 31.7 Å². The van der Waals surface area contributed by atoms with Crippen LogP contribution in [0.1, 0.15) is 25.7 Å². The van der Waals surface area contributed by atoms with Crippen LogP contribution in [0, 0.1) is 5.92 Å². The number of hydrogen-bond donors (Lipinski definition) is 3. The zero-order valence-electron chi connectivity index (χ0n) is 11.6. The largest absolute Gasteiger partial charge is 0.481 e. The van der Waals surface area contributed by atoms with Crippen LogP contribution in [0.25, 0.3) is 0 Å². The number of rotatable bonds is 5. The van der Waals surface area contributed by atoms with Gasteiger partial charge in [-0.3, -0.25) is 9.59 Å². The molecule has 0 spiro atoms. The van der Waals surface area contributed by atoms with Crippen molar-refractivity contribution in [3.05, 3.63) is 28.7 Å². The molecule has 0 atom stereocenters.